The minimum absolute atomic E-state index is 0.0787. The zero-order valence-corrected chi connectivity index (χ0v) is 26.9. The van der Waals surface area contributed by atoms with Crippen molar-refractivity contribution in [1.29, 1.82) is 0 Å². The maximum Gasteiger partial charge on any atom is 0.306 e. The van der Waals surface area contributed by atoms with E-state index in [1.807, 2.05) is 0 Å². The number of aliphatic carboxylic acids is 1. The van der Waals surface area contributed by atoms with Crippen molar-refractivity contribution in [3.8, 4) is 0 Å². The van der Waals surface area contributed by atoms with E-state index >= 15 is 0 Å². The van der Waals surface area contributed by atoms with Crippen molar-refractivity contribution < 1.29 is 89.1 Å². The molecule has 5 rings (SSSR count). The summed E-state index contributed by atoms with van der Waals surface area (Å²) in [6.45, 7) is -1.22. The molecule has 0 amide bonds. The van der Waals surface area contributed by atoms with Crippen molar-refractivity contribution in [3.05, 3.63) is 0 Å². The van der Waals surface area contributed by atoms with Gasteiger partial charge in [-0.15, -0.1) is 0 Å². The van der Waals surface area contributed by atoms with Crippen molar-refractivity contribution in [2.45, 2.75) is 156 Å². The molecule has 3 aliphatic heterocycles. The number of aliphatic hydroxyl groups is 9. The molecular formula is C31H50O18. The van der Waals surface area contributed by atoms with Gasteiger partial charge in [-0.25, -0.2) is 0 Å². The maximum absolute atomic E-state index is 12.0. The fraction of sp³-hybridized carbons (Fsp3) is 0.935. The summed E-state index contributed by atoms with van der Waals surface area (Å²) in [5.41, 5.74) is 0. The molecule has 0 aromatic carbocycles. The number of fused-ring (bicyclic) bond motifs is 1. The van der Waals surface area contributed by atoms with Crippen LogP contribution in [0.25, 0.3) is 0 Å². The Morgan fingerprint density at radius 1 is 0.633 bits per heavy atom. The van der Waals surface area contributed by atoms with Crippen LogP contribution in [0.3, 0.4) is 0 Å². The fourth-order valence-electron chi connectivity index (χ4n) is 7.65. The van der Waals surface area contributed by atoms with Gasteiger partial charge in [-0.1, -0.05) is 0 Å². The van der Waals surface area contributed by atoms with Crippen LogP contribution < -0.4 is 0 Å². The predicted molar refractivity (Wildman–Crippen MR) is 158 cm³/mol. The lowest BCUT2D eigenvalue weighted by Crippen LogP contribution is -2.63. The van der Waals surface area contributed by atoms with E-state index in [-0.39, 0.29) is 25.2 Å². The maximum atomic E-state index is 12.0. The Morgan fingerprint density at radius 2 is 1.22 bits per heavy atom. The summed E-state index contributed by atoms with van der Waals surface area (Å²) in [6.07, 6.45) is -18.1. The zero-order chi connectivity index (χ0) is 35.6. The molecule has 0 radical (unpaired) electrons. The highest BCUT2D eigenvalue weighted by Crippen LogP contribution is 2.45. The van der Waals surface area contributed by atoms with Crippen molar-refractivity contribution in [1.82, 2.24) is 0 Å². The number of hydrogen-bond acceptors (Lipinski definition) is 17. The zero-order valence-electron chi connectivity index (χ0n) is 26.9. The molecule has 3 heterocycles. The van der Waals surface area contributed by atoms with Crippen LogP contribution in [-0.2, 0) is 38.0 Å². The van der Waals surface area contributed by atoms with Crippen molar-refractivity contribution in [3.63, 3.8) is 0 Å². The van der Waals surface area contributed by atoms with E-state index in [2.05, 4.69) is 0 Å². The van der Waals surface area contributed by atoms with Crippen LogP contribution in [0.15, 0.2) is 0 Å². The number of hydrogen-bond donors (Lipinski definition) is 10. The smallest absolute Gasteiger partial charge is 0.306 e. The van der Waals surface area contributed by atoms with E-state index in [0.717, 1.165) is 0 Å². The average molecular weight is 711 g/mol. The Balaban J connectivity index is 1.33. The van der Waals surface area contributed by atoms with Gasteiger partial charge < -0.3 is 79.5 Å². The fourth-order valence-corrected chi connectivity index (χ4v) is 7.65. The third-order valence-corrected chi connectivity index (χ3v) is 10.5. The summed E-state index contributed by atoms with van der Waals surface area (Å²) in [4.78, 5) is 22.8. The van der Waals surface area contributed by atoms with Gasteiger partial charge in [0.15, 0.2) is 12.6 Å². The largest absolute Gasteiger partial charge is 0.481 e. The standard InChI is InChI=1S/C31H50O18/c32-10-19-23(38)25(40)27(42)30(48-19)46-17-8-14(34)7-16-15(17)9-18(29(45-16)12-1-3-13(33)4-2-12)47-31-28(43)26(41)24(39)20(49-31)11-44-22(37)6-5-21(35)36/h12-20,23-34,38-43H,1-11H2,(H,35,36)/t12?,13?,14?,15?,16?,17?,18?,19-,20-,23-,24-,25+,26+,27-,28-,29?,30-,31-/m1/s1. The van der Waals surface area contributed by atoms with E-state index in [4.69, 9.17) is 33.5 Å². The van der Waals surface area contributed by atoms with Gasteiger partial charge in [0.1, 0.15) is 55.4 Å². The first-order valence-corrected chi connectivity index (χ1v) is 17.0. The second-order valence-corrected chi connectivity index (χ2v) is 13.9. The van der Waals surface area contributed by atoms with Crippen LogP contribution in [0, 0.1) is 11.8 Å². The molecule has 6 unspecified atom stereocenters. The summed E-state index contributed by atoms with van der Waals surface area (Å²) < 4.78 is 35.4. The molecule has 18 heteroatoms. The Labute approximate surface area is 282 Å². The minimum atomic E-state index is -1.77. The Hall–Kier alpha value is -1.62. The summed E-state index contributed by atoms with van der Waals surface area (Å²) in [7, 11) is 0. The molecule has 10 N–H and O–H groups in total. The van der Waals surface area contributed by atoms with Crippen LogP contribution in [0.5, 0.6) is 0 Å². The molecule has 0 aromatic heterocycles. The second-order valence-electron chi connectivity index (χ2n) is 13.9. The van der Waals surface area contributed by atoms with Crippen LogP contribution in [0.1, 0.15) is 57.8 Å². The molecule has 5 fully saturated rings. The van der Waals surface area contributed by atoms with Gasteiger partial charge in [-0.05, 0) is 44.4 Å². The molecule has 18 nitrogen and oxygen atoms in total. The number of carboxylic acids is 1. The van der Waals surface area contributed by atoms with Crippen LogP contribution in [0.4, 0.5) is 0 Å². The third kappa shape index (κ3) is 9.07. The molecule has 0 spiro atoms. The number of carboxylic acid groups (broad SMARTS) is 1. The molecular weight excluding hydrogens is 660 g/mol. The lowest BCUT2D eigenvalue weighted by molar-refractivity contribution is -0.344. The number of carbonyl (C=O) groups is 2. The van der Waals surface area contributed by atoms with Gasteiger partial charge in [-0.2, -0.15) is 0 Å². The number of esters is 1. The lowest BCUT2D eigenvalue weighted by atomic mass is 9.73. The highest BCUT2D eigenvalue weighted by molar-refractivity contribution is 5.76. The van der Waals surface area contributed by atoms with Crippen molar-refractivity contribution in [2.24, 2.45) is 11.8 Å². The molecule has 0 aromatic rings. The second kappa shape index (κ2) is 16.8. The third-order valence-electron chi connectivity index (χ3n) is 10.5. The summed E-state index contributed by atoms with van der Waals surface area (Å²) >= 11 is 0. The Morgan fingerprint density at radius 3 is 1.84 bits per heavy atom. The van der Waals surface area contributed by atoms with Gasteiger partial charge in [0, 0.05) is 12.3 Å². The minimum Gasteiger partial charge on any atom is -0.481 e. The highest BCUT2D eigenvalue weighted by Gasteiger charge is 2.53. The van der Waals surface area contributed by atoms with E-state index in [1.54, 1.807) is 0 Å². The van der Waals surface area contributed by atoms with E-state index in [9.17, 15) is 55.5 Å². The molecule has 282 valence electrons. The van der Waals surface area contributed by atoms with Gasteiger partial charge in [0.05, 0.1) is 56.1 Å². The first kappa shape index (κ1) is 38.6. The molecule has 2 aliphatic carbocycles. The highest BCUT2D eigenvalue weighted by atomic mass is 16.7. The molecule has 0 bridgehead atoms. The number of ether oxygens (including phenoxy) is 6. The van der Waals surface area contributed by atoms with Crippen LogP contribution >= 0.6 is 0 Å². The van der Waals surface area contributed by atoms with E-state index in [0.29, 0.717) is 25.7 Å². The van der Waals surface area contributed by atoms with Gasteiger partial charge >= 0.3 is 11.9 Å². The first-order chi connectivity index (χ1) is 23.3. The molecule has 5 aliphatic rings. The first-order valence-electron chi connectivity index (χ1n) is 17.0. The van der Waals surface area contributed by atoms with E-state index < -0.39 is 142 Å². The average Bonchev–Trinajstić information content (AvgIpc) is 3.07. The lowest BCUT2D eigenvalue weighted by Gasteiger charge is -2.52. The Bertz CT molecular complexity index is 1090. The summed E-state index contributed by atoms with van der Waals surface area (Å²) in [5.74, 6) is -2.69. The quantitative estimate of drug-likeness (QED) is 0.0922. The number of carbonyl (C=O) groups excluding carboxylic acids is 1. The Kier molecular flexibility index (Phi) is 13.2. The molecule has 16 atom stereocenters. The van der Waals surface area contributed by atoms with Gasteiger partial charge in [-0.3, -0.25) is 9.59 Å². The molecule has 3 saturated heterocycles. The predicted octanol–water partition coefficient (Wildman–Crippen LogP) is -3.75. The number of aliphatic hydroxyl groups excluding tert-OH is 9. The topological polar surface area (TPSA) is 292 Å². The van der Waals surface area contributed by atoms with Crippen LogP contribution in [0.2, 0.25) is 0 Å². The van der Waals surface area contributed by atoms with Gasteiger partial charge in [0.25, 0.3) is 0 Å². The molecule has 2 saturated carbocycles. The normalized spacial score (nSPS) is 47.6. The molecule has 49 heavy (non-hydrogen) atoms. The summed E-state index contributed by atoms with van der Waals surface area (Å²) in [6, 6.07) is 0. The number of rotatable bonds is 11. The van der Waals surface area contributed by atoms with Crippen LogP contribution in [-0.4, -0.2) is 174 Å². The van der Waals surface area contributed by atoms with Crippen molar-refractivity contribution >= 4 is 11.9 Å². The van der Waals surface area contributed by atoms with Gasteiger partial charge in [0.2, 0.25) is 0 Å². The monoisotopic (exact) mass is 710 g/mol. The summed E-state index contributed by atoms with van der Waals surface area (Å²) in [5, 5.41) is 103. The van der Waals surface area contributed by atoms with Crippen molar-refractivity contribution in [2.75, 3.05) is 13.2 Å². The SMILES string of the molecule is O=C(O)CCC(=O)OC[C@H]1O[C@@H](OC2CC3C(CC(O)CC3O[C@@H]3O[C@H](CO)[C@@H](O)[C@H](O)[C@H]3O)OC2C2CCC(O)CC2)[C@H](O)[C@@H](O)[C@@H]1O. The van der Waals surface area contributed by atoms with E-state index in [1.165, 1.54) is 0 Å².